The lowest BCUT2D eigenvalue weighted by atomic mass is 10.0. The largest absolute Gasteiger partial charge is 0.508 e. The summed E-state index contributed by atoms with van der Waals surface area (Å²) in [7, 11) is 1.48. The molecular formula is C25H33N3O5S. The molecular weight excluding hydrogens is 454 g/mol. The number of carbonyl (C=O) groups is 3. The van der Waals surface area contributed by atoms with Crippen LogP contribution in [0.1, 0.15) is 43.5 Å². The molecule has 9 heteroatoms. The lowest BCUT2D eigenvalue weighted by Crippen LogP contribution is -2.52. The van der Waals surface area contributed by atoms with Gasteiger partial charge in [-0.15, -0.1) is 0 Å². The number of aryl methyl sites for hydroxylation is 2. The van der Waals surface area contributed by atoms with Crippen LogP contribution in [0.25, 0.3) is 0 Å². The van der Waals surface area contributed by atoms with Gasteiger partial charge in [0, 0.05) is 18.5 Å². The van der Waals surface area contributed by atoms with Crippen LogP contribution in [-0.4, -0.2) is 52.4 Å². The summed E-state index contributed by atoms with van der Waals surface area (Å²) in [6, 6.07) is 9.65. The molecule has 3 N–H and O–H groups in total. The number of carbonyl (C=O) groups excluding carboxylic acids is 3. The molecule has 0 fully saturated rings. The average Bonchev–Trinajstić information content (AvgIpc) is 2.74. The number of phenolic OH excluding ortho intramolecular Hbond substituents is 1. The summed E-state index contributed by atoms with van der Waals surface area (Å²) >= 11 is 4.21. The summed E-state index contributed by atoms with van der Waals surface area (Å²) in [6.45, 7) is 8.92. The molecule has 0 aliphatic carbocycles. The first-order chi connectivity index (χ1) is 15.8. The maximum absolute atomic E-state index is 13.5. The van der Waals surface area contributed by atoms with E-state index in [1.54, 1.807) is 32.9 Å². The monoisotopic (exact) mass is 487 g/mol. The van der Waals surface area contributed by atoms with Crippen molar-refractivity contribution in [1.29, 1.82) is 0 Å². The van der Waals surface area contributed by atoms with Crippen molar-refractivity contribution in [3.05, 3.63) is 59.2 Å². The Kier molecular flexibility index (Phi) is 8.98. The first-order valence-electron chi connectivity index (χ1n) is 10.9. The zero-order valence-electron chi connectivity index (χ0n) is 20.4. The number of phenols is 1. The zero-order chi connectivity index (χ0) is 25.6. The Labute approximate surface area is 206 Å². The zero-order valence-corrected chi connectivity index (χ0v) is 21.3. The van der Waals surface area contributed by atoms with Crippen LogP contribution in [0.3, 0.4) is 0 Å². The van der Waals surface area contributed by atoms with Gasteiger partial charge in [0.15, 0.2) is 0 Å². The third-order valence-corrected chi connectivity index (χ3v) is 5.46. The highest BCUT2D eigenvalue weighted by Gasteiger charge is 2.34. The molecule has 3 amide bonds. The molecule has 2 unspecified atom stereocenters. The van der Waals surface area contributed by atoms with Gasteiger partial charge in [0.25, 0.3) is 5.91 Å². The third-order valence-electron chi connectivity index (χ3n) is 5.09. The van der Waals surface area contributed by atoms with E-state index in [-0.39, 0.29) is 11.5 Å². The van der Waals surface area contributed by atoms with E-state index in [0.717, 1.165) is 11.1 Å². The molecule has 2 aromatic rings. The van der Waals surface area contributed by atoms with Crippen LogP contribution in [0, 0.1) is 13.8 Å². The lowest BCUT2D eigenvalue weighted by molar-refractivity contribution is -0.138. The van der Waals surface area contributed by atoms with Crippen molar-refractivity contribution < 1.29 is 24.2 Å². The molecule has 2 rings (SSSR count). The maximum Gasteiger partial charge on any atom is 0.408 e. The highest BCUT2D eigenvalue weighted by molar-refractivity contribution is 7.80. The van der Waals surface area contributed by atoms with E-state index in [4.69, 9.17) is 4.74 Å². The smallest absolute Gasteiger partial charge is 0.408 e. The SMILES string of the molecule is Cc1cccc(C)c1NC(=O)C(c1ccc(O)cc1)N(C)C(=O)C(CS)NC(=O)OC(C)(C)C. The van der Waals surface area contributed by atoms with Crippen LogP contribution in [0.4, 0.5) is 10.5 Å². The summed E-state index contributed by atoms with van der Waals surface area (Å²) in [4.78, 5) is 40.3. The van der Waals surface area contributed by atoms with Gasteiger partial charge in [-0.3, -0.25) is 9.59 Å². The Morgan fingerprint density at radius 2 is 1.62 bits per heavy atom. The number of ether oxygens (including phenoxy) is 1. The van der Waals surface area contributed by atoms with Crippen molar-refractivity contribution in [1.82, 2.24) is 10.2 Å². The van der Waals surface area contributed by atoms with Crippen molar-refractivity contribution in [2.24, 2.45) is 0 Å². The summed E-state index contributed by atoms with van der Waals surface area (Å²) in [5.41, 5.74) is 2.18. The fraction of sp³-hybridized carbons (Fsp3) is 0.400. The Morgan fingerprint density at radius 3 is 2.12 bits per heavy atom. The number of hydrogen-bond donors (Lipinski definition) is 4. The third kappa shape index (κ3) is 7.15. The molecule has 0 aliphatic heterocycles. The van der Waals surface area contributed by atoms with Crippen LogP contribution in [-0.2, 0) is 14.3 Å². The van der Waals surface area contributed by atoms with Gasteiger partial charge in [-0.2, -0.15) is 12.6 Å². The molecule has 0 bridgehead atoms. The second-order valence-corrected chi connectivity index (χ2v) is 9.45. The molecule has 184 valence electrons. The van der Waals surface area contributed by atoms with Crippen molar-refractivity contribution in [2.75, 3.05) is 18.1 Å². The molecule has 0 radical (unpaired) electrons. The Morgan fingerprint density at radius 1 is 1.06 bits per heavy atom. The fourth-order valence-electron chi connectivity index (χ4n) is 3.42. The van der Waals surface area contributed by atoms with Crippen LogP contribution in [0.5, 0.6) is 5.75 Å². The molecule has 0 heterocycles. The molecule has 2 aromatic carbocycles. The highest BCUT2D eigenvalue weighted by atomic mass is 32.1. The average molecular weight is 488 g/mol. The Hall–Kier alpha value is -3.20. The van der Waals surface area contributed by atoms with E-state index in [1.165, 1.54) is 24.1 Å². The van der Waals surface area contributed by atoms with E-state index in [2.05, 4.69) is 23.3 Å². The number of nitrogens with one attached hydrogen (secondary N) is 2. The molecule has 0 saturated heterocycles. The molecule has 0 aromatic heterocycles. The Bertz CT molecular complexity index is 1010. The minimum absolute atomic E-state index is 0.00321. The first kappa shape index (κ1) is 27.0. The second kappa shape index (κ2) is 11.3. The van der Waals surface area contributed by atoms with Crippen molar-refractivity contribution in [3.8, 4) is 5.75 Å². The van der Waals surface area contributed by atoms with E-state index in [0.29, 0.717) is 11.3 Å². The maximum atomic E-state index is 13.5. The van der Waals surface area contributed by atoms with Gasteiger partial charge < -0.3 is 25.4 Å². The molecule has 0 saturated carbocycles. The number of hydrogen-bond acceptors (Lipinski definition) is 6. The van der Waals surface area contributed by atoms with Gasteiger partial charge in [-0.25, -0.2) is 4.79 Å². The highest BCUT2D eigenvalue weighted by Crippen LogP contribution is 2.27. The first-order valence-corrected chi connectivity index (χ1v) is 11.5. The number of anilines is 1. The number of aromatic hydroxyl groups is 1. The van der Waals surface area contributed by atoms with E-state index < -0.39 is 35.6 Å². The summed E-state index contributed by atoms with van der Waals surface area (Å²) in [5, 5.41) is 15.2. The molecule has 0 spiro atoms. The number of rotatable bonds is 7. The van der Waals surface area contributed by atoms with Crippen LogP contribution in [0.2, 0.25) is 0 Å². The van der Waals surface area contributed by atoms with Crippen molar-refractivity contribution >= 4 is 36.2 Å². The number of likely N-dealkylation sites (N-methyl/N-ethyl adjacent to an activating group) is 1. The Balaban J connectivity index is 2.35. The van der Waals surface area contributed by atoms with Gasteiger partial charge in [-0.05, 0) is 63.4 Å². The lowest BCUT2D eigenvalue weighted by Gasteiger charge is -2.31. The van der Waals surface area contributed by atoms with E-state index >= 15 is 0 Å². The van der Waals surface area contributed by atoms with Gasteiger partial charge in [0.2, 0.25) is 5.91 Å². The topological polar surface area (TPSA) is 108 Å². The number of para-hydroxylation sites is 1. The summed E-state index contributed by atoms with van der Waals surface area (Å²) in [6.07, 6.45) is -0.755. The summed E-state index contributed by atoms with van der Waals surface area (Å²) < 4.78 is 5.25. The predicted molar refractivity (Wildman–Crippen MR) is 135 cm³/mol. The number of alkyl carbamates (subject to hydrolysis) is 1. The van der Waals surface area contributed by atoms with E-state index in [1.807, 2.05) is 32.0 Å². The van der Waals surface area contributed by atoms with Crippen molar-refractivity contribution in [2.45, 2.75) is 52.3 Å². The minimum atomic E-state index is -1.03. The predicted octanol–water partition coefficient (Wildman–Crippen LogP) is 3.97. The van der Waals surface area contributed by atoms with Gasteiger partial charge in [-0.1, -0.05) is 30.3 Å². The molecule has 8 nitrogen and oxygen atoms in total. The minimum Gasteiger partial charge on any atom is -0.508 e. The van der Waals surface area contributed by atoms with E-state index in [9.17, 15) is 19.5 Å². The second-order valence-electron chi connectivity index (χ2n) is 9.08. The van der Waals surface area contributed by atoms with Crippen LogP contribution < -0.4 is 10.6 Å². The normalized spacial score (nSPS) is 12.9. The standard InChI is InChI=1S/C25H33N3O5S/c1-15-8-7-9-16(2)20(15)27-22(30)21(17-10-12-18(29)13-11-17)28(6)23(31)19(14-34)26-24(32)33-25(3,4)5/h7-13,19,21,29,34H,14H2,1-6H3,(H,26,32)(H,27,30). The summed E-state index contributed by atoms with van der Waals surface area (Å²) in [5.74, 6) is -0.917. The number of nitrogens with zero attached hydrogens (tertiary/aromatic N) is 1. The van der Waals surface area contributed by atoms with Gasteiger partial charge in [0.05, 0.1) is 0 Å². The number of thiol groups is 1. The quantitative estimate of drug-likeness (QED) is 0.442. The number of benzene rings is 2. The van der Waals surface area contributed by atoms with Crippen LogP contribution in [0.15, 0.2) is 42.5 Å². The molecule has 34 heavy (non-hydrogen) atoms. The van der Waals surface area contributed by atoms with Gasteiger partial charge in [0.1, 0.15) is 23.4 Å². The van der Waals surface area contributed by atoms with Crippen LogP contribution >= 0.6 is 12.6 Å². The molecule has 2 atom stereocenters. The van der Waals surface area contributed by atoms with Crippen molar-refractivity contribution in [3.63, 3.8) is 0 Å². The fourth-order valence-corrected chi connectivity index (χ4v) is 3.67. The number of amides is 3. The molecule has 0 aliphatic rings. The van der Waals surface area contributed by atoms with Gasteiger partial charge >= 0.3 is 6.09 Å².